The maximum atomic E-state index is 4.74. The summed E-state index contributed by atoms with van der Waals surface area (Å²) in [5.41, 5.74) is 5.98. The number of pyridine rings is 1. The zero-order valence-electron chi connectivity index (χ0n) is 15.0. The quantitative estimate of drug-likeness (QED) is 0.820. The minimum absolute atomic E-state index is 0.800. The number of hydrogen-bond donors (Lipinski definition) is 1. The van der Waals surface area contributed by atoms with Gasteiger partial charge in [0.1, 0.15) is 0 Å². The molecule has 1 fully saturated rings. The van der Waals surface area contributed by atoms with Gasteiger partial charge in [-0.25, -0.2) is 0 Å². The lowest BCUT2D eigenvalue weighted by molar-refractivity contribution is 0.419. The van der Waals surface area contributed by atoms with Gasteiger partial charge >= 0.3 is 0 Å². The van der Waals surface area contributed by atoms with Crippen LogP contribution in [0, 0.1) is 6.92 Å². The van der Waals surface area contributed by atoms with E-state index in [1.54, 1.807) is 0 Å². The molecule has 24 heavy (non-hydrogen) atoms. The first kappa shape index (κ1) is 16.6. The minimum Gasteiger partial charge on any atom is -0.380 e. The number of aromatic nitrogens is 1. The van der Waals surface area contributed by atoms with E-state index >= 15 is 0 Å². The molecule has 0 spiro atoms. The average molecular weight is 321 g/mol. The number of para-hydroxylation sites is 1. The van der Waals surface area contributed by atoms with Gasteiger partial charge in [-0.05, 0) is 57.4 Å². The van der Waals surface area contributed by atoms with Gasteiger partial charge in [0.2, 0.25) is 0 Å². The monoisotopic (exact) mass is 321 g/mol. The van der Waals surface area contributed by atoms with Gasteiger partial charge in [-0.3, -0.25) is 4.98 Å². The van der Waals surface area contributed by atoms with Gasteiger partial charge < -0.3 is 10.2 Å². The Kier molecular flexibility index (Phi) is 5.19. The van der Waals surface area contributed by atoms with E-state index in [0.29, 0.717) is 0 Å². The van der Waals surface area contributed by atoms with Crippen molar-refractivity contribution in [3.8, 4) is 0 Å². The topological polar surface area (TPSA) is 28.2 Å². The highest BCUT2D eigenvalue weighted by molar-refractivity contribution is 5.79. The molecule has 3 nitrogen and oxygen atoms in total. The predicted molar refractivity (Wildman–Crippen MR) is 102 cm³/mol. The molecule has 126 valence electrons. The summed E-state index contributed by atoms with van der Waals surface area (Å²) < 4.78 is 0. The van der Waals surface area contributed by atoms with Crippen LogP contribution in [0.15, 0.2) is 53.9 Å². The summed E-state index contributed by atoms with van der Waals surface area (Å²) in [6, 6.07) is 10.6. The molecular formula is C21H27N3. The molecule has 0 bridgehead atoms. The van der Waals surface area contributed by atoms with Crippen LogP contribution in [0.2, 0.25) is 0 Å². The molecule has 0 aliphatic carbocycles. The van der Waals surface area contributed by atoms with Crippen LogP contribution in [0.4, 0.5) is 0 Å². The molecule has 0 unspecified atom stereocenters. The SMILES string of the molecule is C/C=C\C(NCc1cc2ccccc2nc1C)=C(/C)N1CCCC1. The highest BCUT2D eigenvalue weighted by Crippen LogP contribution is 2.19. The van der Waals surface area contributed by atoms with Gasteiger partial charge in [0.15, 0.2) is 0 Å². The summed E-state index contributed by atoms with van der Waals surface area (Å²) in [6.45, 7) is 9.53. The van der Waals surface area contributed by atoms with Crippen LogP contribution in [-0.2, 0) is 6.54 Å². The smallest absolute Gasteiger partial charge is 0.0705 e. The normalized spacial score (nSPS) is 16.0. The first-order valence-electron chi connectivity index (χ1n) is 8.86. The second-order valence-electron chi connectivity index (χ2n) is 6.47. The average Bonchev–Trinajstić information content (AvgIpc) is 3.12. The molecule has 3 heteroatoms. The van der Waals surface area contributed by atoms with Gasteiger partial charge in [-0.15, -0.1) is 0 Å². The molecule has 1 aliphatic heterocycles. The second kappa shape index (κ2) is 7.52. The van der Waals surface area contributed by atoms with E-state index in [2.05, 4.69) is 67.4 Å². The number of hydrogen-bond acceptors (Lipinski definition) is 3. The number of fused-ring (bicyclic) bond motifs is 1. The number of benzene rings is 1. The summed E-state index contributed by atoms with van der Waals surface area (Å²) >= 11 is 0. The molecule has 0 amide bonds. The second-order valence-corrected chi connectivity index (χ2v) is 6.47. The summed E-state index contributed by atoms with van der Waals surface area (Å²) in [5, 5.41) is 4.83. The Balaban J connectivity index is 1.82. The third-order valence-corrected chi connectivity index (χ3v) is 4.79. The van der Waals surface area contributed by atoms with Gasteiger partial charge in [-0.1, -0.05) is 24.3 Å². The highest BCUT2D eigenvalue weighted by Gasteiger charge is 2.14. The Bertz CT molecular complexity index is 768. The molecule has 1 aromatic heterocycles. The molecule has 2 heterocycles. The van der Waals surface area contributed by atoms with Crippen LogP contribution in [0.3, 0.4) is 0 Å². The Morgan fingerprint density at radius 1 is 1.25 bits per heavy atom. The van der Waals surface area contributed by atoms with Crippen LogP contribution >= 0.6 is 0 Å². The Hall–Kier alpha value is -2.29. The first-order valence-corrected chi connectivity index (χ1v) is 8.86. The third kappa shape index (κ3) is 3.61. The van der Waals surface area contributed by atoms with E-state index in [0.717, 1.165) is 17.8 Å². The number of rotatable bonds is 5. The maximum Gasteiger partial charge on any atom is 0.0705 e. The van der Waals surface area contributed by atoms with Crippen molar-refractivity contribution >= 4 is 10.9 Å². The molecule has 1 N–H and O–H groups in total. The van der Waals surface area contributed by atoms with Gasteiger partial charge in [0.25, 0.3) is 0 Å². The number of nitrogens with one attached hydrogen (secondary N) is 1. The van der Waals surface area contributed by atoms with Crippen molar-refractivity contribution in [2.24, 2.45) is 0 Å². The molecule has 1 aromatic carbocycles. The van der Waals surface area contributed by atoms with Crippen molar-refractivity contribution in [2.75, 3.05) is 13.1 Å². The summed E-state index contributed by atoms with van der Waals surface area (Å²) in [4.78, 5) is 7.22. The van der Waals surface area contributed by atoms with Crippen LogP contribution in [-0.4, -0.2) is 23.0 Å². The lowest BCUT2D eigenvalue weighted by Crippen LogP contribution is -2.23. The highest BCUT2D eigenvalue weighted by atomic mass is 15.2. The largest absolute Gasteiger partial charge is 0.380 e. The molecular weight excluding hydrogens is 294 g/mol. The van der Waals surface area contributed by atoms with Crippen molar-refractivity contribution in [3.63, 3.8) is 0 Å². The number of aryl methyl sites for hydroxylation is 1. The Morgan fingerprint density at radius 2 is 2.00 bits per heavy atom. The fraction of sp³-hybridized carbons (Fsp3) is 0.381. The molecule has 0 atom stereocenters. The molecule has 1 aliphatic rings. The summed E-state index contributed by atoms with van der Waals surface area (Å²) in [7, 11) is 0. The third-order valence-electron chi connectivity index (χ3n) is 4.79. The number of nitrogens with zero attached hydrogens (tertiary/aromatic N) is 2. The van der Waals surface area contributed by atoms with Crippen LogP contribution in [0.25, 0.3) is 10.9 Å². The Labute approximate surface area is 145 Å². The molecule has 3 rings (SSSR count). The number of allylic oxidation sites excluding steroid dienone is 3. The molecule has 1 saturated heterocycles. The van der Waals surface area contributed by atoms with Crippen molar-refractivity contribution in [1.29, 1.82) is 0 Å². The summed E-state index contributed by atoms with van der Waals surface area (Å²) in [6.07, 6.45) is 6.88. The van der Waals surface area contributed by atoms with Gasteiger partial charge in [0, 0.05) is 36.4 Å². The molecule has 2 aromatic rings. The van der Waals surface area contributed by atoms with Gasteiger partial charge in [-0.2, -0.15) is 0 Å². The first-order chi connectivity index (χ1) is 11.7. The fourth-order valence-electron chi connectivity index (χ4n) is 3.32. The standard InChI is InChI=1S/C21H27N3/c1-4-9-20(17(3)24-12-7-8-13-24)22-15-19-14-18-10-5-6-11-21(18)23-16(19)2/h4-6,9-11,14,22H,7-8,12-13,15H2,1-3H3/b9-4-,20-17-. The van der Waals surface area contributed by atoms with E-state index in [-0.39, 0.29) is 0 Å². The van der Waals surface area contributed by atoms with E-state index in [9.17, 15) is 0 Å². The van der Waals surface area contributed by atoms with Crippen molar-refractivity contribution in [1.82, 2.24) is 15.2 Å². The predicted octanol–water partition coefficient (Wildman–Crippen LogP) is 4.54. The number of likely N-dealkylation sites (tertiary alicyclic amines) is 1. The zero-order chi connectivity index (χ0) is 16.9. The summed E-state index contributed by atoms with van der Waals surface area (Å²) in [5.74, 6) is 0. The van der Waals surface area contributed by atoms with E-state index < -0.39 is 0 Å². The lowest BCUT2D eigenvalue weighted by atomic mass is 10.1. The van der Waals surface area contributed by atoms with Gasteiger partial charge in [0.05, 0.1) is 11.2 Å². The molecule has 0 radical (unpaired) electrons. The van der Waals surface area contributed by atoms with Crippen molar-refractivity contribution < 1.29 is 0 Å². The van der Waals surface area contributed by atoms with Crippen LogP contribution in [0.5, 0.6) is 0 Å². The fourth-order valence-corrected chi connectivity index (χ4v) is 3.32. The van der Waals surface area contributed by atoms with E-state index in [4.69, 9.17) is 4.98 Å². The minimum atomic E-state index is 0.800. The Morgan fingerprint density at radius 3 is 2.75 bits per heavy atom. The molecule has 0 saturated carbocycles. The van der Waals surface area contributed by atoms with E-state index in [1.807, 2.05) is 6.07 Å². The van der Waals surface area contributed by atoms with E-state index in [1.165, 1.54) is 48.3 Å². The van der Waals surface area contributed by atoms with Crippen LogP contribution in [0.1, 0.15) is 37.9 Å². The van der Waals surface area contributed by atoms with Crippen molar-refractivity contribution in [3.05, 3.63) is 65.1 Å². The maximum absolute atomic E-state index is 4.74. The van der Waals surface area contributed by atoms with Crippen molar-refractivity contribution in [2.45, 2.75) is 40.2 Å². The zero-order valence-corrected chi connectivity index (χ0v) is 15.0. The lowest BCUT2D eigenvalue weighted by Gasteiger charge is -2.22. The van der Waals surface area contributed by atoms with Crippen LogP contribution < -0.4 is 5.32 Å².